The average molecular weight is 302 g/mol. The Kier molecular flexibility index (Phi) is 5.36. The van der Waals surface area contributed by atoms with Gasteiger partial charge in [0.15, 0.2) is 0 Å². The third kappa shape index (κ3) is 4.22. The first-order chi connectivity index (χ1) is 10.6. The van der Waals surface area contributed by atoms with Crippen LogP contribution in [-0.4, -0.2) is 12.5 Å². The maximum Gasteiger partial charge on any atom is 0.255 e. The van der Waals surface area contributed by atoms with Gasteiger partial charge in [0.05, 0.1) is 12.3 Å². The molecule has 3 N–H and O–H groups in total. The van der Waals surface area contributed by atoms with Crippen LogP contribution in [0.5, 0.6) is 5.75 Å². The van der Waals surface area contributed by atoms with Crippen LogP contribution >= 0.6 is 0 Å². The molecular weight excluding hydrogens is 283 g/mol. The first kappa shape index (κ1) is 15.8. The lowest BCUT2D eigenvalue weighted by atomic mass is 10.2. The van der Waals surface area contributed by atoms with Crippen molar-refractivity contribution in [3.63, 3.8) is 0 Å². The van der Waals surface area contributed by atoms with Crippen LogP contribution in [0, 0.1) is 5.82 Å². The molecule has 0 aliphatic rings. The van der Waals surface area contributed by atoms with Gasteiger partial charge in [0.25, 0.3) is 5.91 Å². The number of unbranched alkanes of at least 4 members (excludes halogenated alkanes) is 1. The molecule has 0 aliphatic heterocycles. The average Bonchev–Trinajstić information content (AvgIpc) is 2.51. The van der Waals surface area contributed by atoms with Crippen molar-refractivity contribution in [2.45, 2.75) is 19.8 Å². The Bertz CT molecular complexity index is 659. The maximum atomic E-state index is 13.6. The zero-order chi connectivity index (χ0) is 15.9. The van der Waals surface area contributed by atoms with Gasteiger partial charge in [0, 0.05) is 11.3 Å². The minimum absolute atomic E-state index is 0.0577. The predicted octanol–water partition coefficient (Wildman–Crippen LogP) is 3.84. The van der Waals surface area contributed by atoms with Gasteiger partial charge >= 0.3 is 0 Å². The number of ether oxygens (including phenoxy) is 1. The molecule has 0 aromatic heterocycles. The molecule has 4 nitrogen and oxygen atoms in total. The minimum Gasteiger partial charge on any atom is -0.494 e. The van der Waals surface area contributed by atoms with Gasteiger partial charge in [0.1, 0.15) is 11.6 Å². The van der Waals surface area contributed by atoms with E-state index in [4.69, 9.17) is 10.5 Å². The molecule has 0 saturated heterocycles. The van der Waals surface area contributed by atoms with Crippen molar-refractivity contribution in [3.8, 4) is 5.75 Å². The van der Waals surface area contributed by atoms with E-state index in [2.05, 4.69) is 12.2 Å². The quantitative estimate of drug-likeness (QED) is 0.629. The first-order valence-corrected chi connectivity index (χ1v) is 7.19. The highest BCUT2D eigenvalue weighted by Crippen LogP contribution is 2.20. The Morgan fingerprint density at radius 2 is 2.09 bits per heavy atom. The molecule has 2 aromatic carbocycles. The summed E-state index contributed by atoms with van der Waals surface area (Å²) in [7, 11) is 0. The molecule has 0 spiro atoms. The molecule has 0 bridgehead atoms. The highest BCUT2D eigenvalue weighted by Gasteiger charge is 2.10. The molecule has 0 heterocycles. The number of hydrogen-bond donors (Lipinski definition) is 2. The number of nitrogens with one attached hydrogen (secondary N) is 1. The van der Waals surface area contributed by atoms with Crippen LogP contribution < -0.4 is 15.8 Å². The lowest BCUT2D eigenvalue weighted by Crippen LogP contribution is -2.13. The fourth-order valence-electron chi connectivity index (χ4n) is 1.89. The van der Waals surface area contributed by atoms with Crippen molar-refractivity contribution in [2.24, 2.45) is 0 Å². The molecule has 2 rings (SSSR count). The lowest BCUT2D eigenvalue weighted by Gasteiger charge is -2.09. The summed E-state index contributed by atoms with van der Waals surface area (Å²) in [6.45, 7) is 2.68. The third-order valence-corrected chi connectivity index (χ3v) is 3.10. The molecule has 0 atom stereocenters. The monoisotopic (exact) mass is 302 g/mol. The number of nitrogen functional groups attached to an aromatic ring is 1. The standard InChI is InChI=1S/C17H19FN2O2/c1-2-3-9-22-14-6-4-5-12(10-14)17(21)20-16-11-13(19)7-8-15(16)18/h4-8,10-11H,2-3,9,19H2,1H3,(H,20,21). The molecule has 1 amide bonds. The van der Waals surface area contributed by atoms with Gasteiger partial charge in [-0.1, -0.05) is 19.4 Å². The second-order valence-corrected chi connectivity index (χ2v) is 4.92. The molecule has 0 saturated carbocycles. The Labute approximate surface area is 129 Å². The van der Waals surface area contributed by atoms with E-state index < -0.39 is 11.7 Å². The molecule has 0 aliphatic carbocycles. The summed E-state index contributed by atoms with van der Waals surface area (Å²) in [6, 6.07) is 10.8. The number of anilines is 2. The molecule has 5 heteroatoms. The zero-order valence-electron chi connectivity index (χ0n) is 12.4. The van der Waals surface area contributed by atoms with Crippen molar-refractivity contribution >= 4 is 17.3 Å². The molecule has 0 fully saturated rings. The van der Waals surface area contributed by atoms with Crippen LogP contribution in [0.3, 0.4) is 0 Å². The number of carbonyl (C=O) groups excluding carboxylic acids is 1. The van der Waals surface area contributed by atoms with E-state index in [1.807, 2.05) is 0 Å². The molecular formula is C17H19FN2O2. The van der Waals surface area contributed by atoms with E-state index in [9.17, 15) is 9.18 Å². The summed E-state index contributed by atoms with van der Waals surface area (Å²) in [5, 5.41) is 2.51. The van der Waals surface area contributed by atoms with E-state index >= 15 is 0 Å². The van der Waals surface area contributed by atoms with Crippen molar-refractivity contribution in [1.29, 1.82) is 0 Å². The van der Waals surface area contributed by atoms with Crippen molar-refractivity contribution in [1.82, 2.24) is 0 Å². The fraction of sp³-hybridized carbons (Fsp3) is 0.235. The van der Waals surface area contributed by atoms with Gasteiger partial charge in [-0.05, 0) is 42.8 Å². The number of amides is 1. The highest BCUT2D eigenvalue weighted by molar-refractivity contribution is 6.04. The minimum atomic E-state index is -0.530. The largest absolute Gasteiger partial charge is 0.494 e. The number of rotatable bonds is 6. The highest BCUT2D eigenvalue weighted by atomic mass is 19.1. The summed E-state index contributed by atoms with van der Waals surface area (Å²) in [5.41, 5.74) is 6.44. The van der Waals surface area contributed by atoms with Gasteiger partial charge in [0.2, 0.25) is 0 Å². The normalized spacial score (nSPS) is 10.3. The Balaban J connectivity index is 2.09. The van der Waals surface area contributed by atoms with E-state index in [0.29, 0.717) is 23.6 Å². The SMILES string of the molecule is CCCCOc1cccc(C(=O)Nc2cc(N)ccc2F)c1. The smallest absolute Gasteiger partial charge is 0.255 e. The molecule has 2 aromatic rings. The van der Waals surface area contributed by atoms with Crippen LogP contribution in [0.4, 0.5) is 15.8 Å². The Morgan fingerprint density at radius 1 is 1.27 bits per heavy atom. The summed E-state index contributed by atoms with van der Waals surface area (Å²) >= 11 is 0. The molecule has 0 unspecified atom stereocenters. The zero-order valence-corrected chi connectivity index (χ0v) is 12.4. The lowest BCUT2D eigenvalue weighted by molar-refractivity contribution is 0.102. The number of benzene rings is 2. The van der Waals surface area contributed by atoms with E-state index in [1.165, 1.54) is 18.2 Å². The number of hydrogen-bond acceptors (Lipinski definition) is 3. The van der Waals surface area contributed by atoms with Gasteiger partial charge in [-0.3, -0.25) is 4.79 Å². The summed E-state index contributed by atoms with van der Waals surface area (Å²) in [6.07, 6.45) is 1.99. The third-order valence-electron chi connectivity index (χ3n) is 3.10. The number of carbonyl (C=O) groups is 1. The summed E-state index contributed by atoms with van der Waals surface area (Å²) in [5.74, 6) is -0.322. The van der Waals surface area contributed by atoms with Crippen molar-refractivity contribution in [3.05, 3.63) is 53.8 Å². The molecule has 22 heavy (non-hydrogen) atoms. The van der Waals surface area contributed by atoms with E-state index in [-0.39, 0.29) is 5.69 Å². The van der Waals surface area contributed by atoms with Gasteiger partial charge in [-0.2, -0.15) is 0 Å². The van der Waals surface area contributed by atoms with Crippen LogP contribution in [0.15, 0.2) is 42.5 Å². The molecule has 116 valence electrons. The van der Waals surface area contributed by atoms with Gasteiger partial charge < -0.3 is 15.8 Å². The Hall–Kier alpha value is -2.56. The van der Waals surface area contributed by atoms with Crippen LogP contribution in [-0.2, 0) is 0 Å². The van der Waals surface area contributed by atoms with Gasteiger partial charge in [-0.15, -0.1) is 0 Å². The van der Waals surface area contributed by atoms with E-state index in [1.54, 1.807) is 24.3 Å². The van der Waals surface area contributed by atoms with Crippen LogP contribution in [0.2, 0.25) is 0 Å². The second kappa shape index (κ2) is 7.45. The van der Waals surface area contributed by atoms with Crippen LogP contribution in [0.1, 0.15) is 30.1 Å². The topological polar surface area (TPSA) is 64.3 Å². The van der Waals surface area contributed by atoms with Crippen molar-refractivity contribution < 1.29 is 13.9 Å². The molecule has 0 radical (unpaired) electrons. The summed E-state index contributed by atoms with van der Waals surface area (Å²) in [4.78, 5) is 12.2. The number of halogens is 1. The van der Waals surface area contributed by atoms with Crippen molar-refractivity contribution in [2.75, 3.05) is 17.7 Å². The van der Waals surface area contributed by atoms with Gasteiger partial charge in [-0.25, -0.2) is 4.39 Å². The number of nitrogens with two attached hydrogens (primary N) is 1. The summed E-state index contributed by atoms with van der Waals surface area (Å²) < 4.78 is 19.2. The van der Waals surface area contributed by atoms with Crippen LogP contribution in [0.25, 0.3) is 0 Å². The predicted molar refractivity (Wildman–Crippen MR) is 85.6 cm³/mol. The second-order valence-electron chi connectivity index (χ2n) is 4.92. The first-order valence-electron chi connectivity index (χ1n) is 7.19. The Morgan fingerprint density at radius 3 is 2.86 bits per heavy atom. The fourth-order valence-corrected chi connectivity index (χ4v) is 1.89. The maximum absolute atomic E-state index is 13.6. The van der Waals surface area contributed by atoms with E-state index in [0.717, 1.165) is 12.8 Å².